The summed E-state index contributed by atoms with van der Waals surface area (Å²) in [6.45, 7) is 0.418. The van der Waals surface area contributed by atoms with Crippen LogP contribution in [0, 0.1) is 5.82 Å². The molecule has 186 valence electrons. The lowest BCUT2D eigenvalue weighted by molar-refractivity contribution is -0.118. The van der Waals surface area contributed by atoms with E-state index in [0.29, 0.717) is 46.9 Å². The number of aromatic nitrogens is 1. The molecule has 0 unspecified atom stereocenters. The van der Waals surface area contributed by atoms with Gasteiger partial charge in [0.1, 0.15) is 11.5 Å². The van der Waals surface area contributed by atoms with Gasteiger partial charge in [-0.2, -0.15) is 0 Å². The molecule has 4 aromatic rings. The summed E-state index contributed by atoms with van der Waals surface area (Å²) in [5.41, 5.74) is 1.04. The van der Waals surface area contributed by atoms with Gasteiger partial charge in [-0.05, 0) is 42.8 Å². The van der Waals surface area contributed by atoms with Crippen LogP contribution in [0.4, 0.5) is 10.1 Å². The van der Waals surface area contributed by atoms with E-state index in [0.717, 1.165) is 5.75 Å². The molecular formula is C28H27FN2O5. The van der Waals surface area contributed by atoms with Crippen molar-refractivity contribution < 1.29 is 28.1 Å². The molecule has 0 saturated heterocycles. The molecule has 0 aliphatic carbocycles. The number of rotatable bonds is 10. The Morgan fingerprint density at radius 1 is 0.917 bits per heavy atom. The van der Waals surface area contributed by atoms with E-state index < -0.39 is 5.82 Å². The van der Waals surface area contributed by atoms with Crippen molar-refractivity contribution in [1.29, 1.82) is 0 Å². The Kier molecular flexibility index (Phi) is 7.85. The van der Waals surface area contributed by atoms with Crippen molar-refractivity contribution in [1.82, 2.24) is 4.98 Å². The van der Waals surface area contributed by atoms with Crippen molar-refractivity contribution in [3.05, 3.63) is 78.7 Å². The number of hydrogen-bond donors (Lipinski definition) is 0. The first-order chi connectivity index (χ1) is 17.5. The topological polar surface area (TPSA) is 70.1 Å². The summed E-state index contributed by atoms with van der Waals surface area (Å²) in [5, 5.41) is 0.642. The zero-order chi connectivity index (χ0) is 25.5. The summed E-state index contributed by atoms with van der Waals surface area (Å²) in [4.78, 5) is 18.3. The van der Waals surface area contributed by atoms with Crippen LogP contribution in [0.5, 0.6) is 28.7 Å². The number of nitrogens with zero attached hydrogens (tertiary/aromatic N) is 2. The van der Waals surface area contributed by atoms with Crippen molar-refractivity contribution in [3.63, 3.8) is 0 Å². The van der Waals surface area contributed by atoms with Crippen molar-refractivity contribution in [2.45, 2.75) is 12.8 Å². The summed E-state index contributed by atoms with van der Waals surface area (Å²) in [7, 11) is 4.69. The molecule has 0 aliphatic heterocycles. The van der Waals surface area contributed by atoms with E-state index in [2.05, 4.69) is 4.98 Å². The first kappa shape index (κ1) is 24.8. The molecule has 0 radical (unpaired) electrons. The number of benzene rings is 3. The van der Waals surface area contributed by atoms with E-state index in [1.807, 2.05) is 30.3 Å². The third-order valence-electron chi connectivity index (χ3n) is 5.65. The van der Waals surface area contributed by atoms with Gasteiger partial charge < -0.3 is 23.8 Å². The predicted molar refractivity (Wildman–Crippen MR) is 136 cm³/mol. The van der Waals surface area contributed by atoms with Gasteiger partial charge in [-0.25, -0.2) is 4.39 Å². The molecule has 36 heavy (non-hydrogen) atoms. The average molecular weight is 491 g/mol. The third-order valence-corrected chi connectivity index (χ3v) is 5.65. The van der Waals surface area contributed by atoms with Crippen LogP contribution in [0.2, 0.25) is 0 Å². The van der Waals surface area contributed by atoms with Crippen LogP contribution in [-0.2, 0) is 4.79 Å². The smallest absolute Gasteiger partial charge is 0.226 e. The van der Waals surface area contributed by atoms with Crippen molar-refractivity contribution >= 4 is 22.5 Å². The van der Waals surface area contributed by atoms with Gasteiger partial charge in [0.2, 0.25) is 5.91 Å². The summed E-state index contributed by atoms with van der Waals surface area (Å²) in [5.74, 6) is 1.51. The fourth-order valence-corrected chi connectivity index (χ4v) is 3.68. The number of ether oxygens (including phenoxy) is 4. The number of hydrogen-bond acceptors (Lipinski definition) is 6. The molecule has 3 aromatic carbocycles. The minimum Gasteiger partial charge on any atom is -0.494 e. The molecule has 0 saturated carbocycles. The van der Waals surface area contributed by atoms with Crippen LogP contribution in [0.25, 0.3) is 10.9 Å². The highest BCUT2D eigenvalue weighted by Gasteiger charge is 2.16. The number of pyridine rings is 1. The standard InChI is InChI=1S/C28H27FN2O5/c1-31(28(32)10-7-15-35-20-8-5-4-6-9-20)19-11-12-25(22(29)16-19)36-24-13-14-30-23-18-27(34-3)26(33-2)17-21(23)24/h4-6,8-9,11-14,16-18H,7,10,15H2,1-3H3. The highest BCUT2D eigenvalue weighted by molar-refractivity contribution is 5.93. The molecular weight excluding hydrogens is 463 g/mol. The van der Waals surface area contributed by atoms with Gasteiger partial charge in [0.25, 0.3) is 0 Å². The van der Waals surface area contributed by atoms with Crippen molar-refractivity contribution in [2.24, 2.45) is 0 Å². The quantitative estimate of drug-likeness (QED) is 0.254. The lowest BCUT2D eigenvalue weighted by Crippen LogP contribution is -2.26. The van der Waals surface area contributed by atoms with Crippen LogP contribution >= 0.6 is 0 Å². The van der Waals surface area contributed by atoms with E-state index in [9.17, 15) is 9.18 Å². The Hall–Kier alpha value is -4.33. The molecule has 0 N–H and O–H groups in total. The maximum absolute atomic E-state index is 15.0. The number of carbonyl (C=O) groups is 1. The number of methoxy groups -OCH3 is 2. The van der Waals surface area contributed by atoms with Gasteiger partial charge in [0.05, 0.1) is 26.3 Å². The number of para-hydroxylation sites is 1. The lowest BCUT2D eigenvalue weighted by Gasteiger charge is -2.18. The lowest BCUT2D eigenvalue weighted by atomic mass is 10.1. The number of fused-ring (bicyclic) bond motifs is 1. The number of amides is 1. The molecule has 0 fully saturated rings. The first-order valence-electron chi connectivity index (χ1n) is 11.4. The summed E-state index contributed by atoms with van der Waals surface area (Å²) in [6, 6.07) is 18.9. The Bertz CT molecular complexity index is 1350. The highest BCUT2D eigenvalue weighted by Crippen LogP contribution is 2.37. The summed E-state index contributed by atoms with van der Waals surface area (Å²) in [6.07, 6.45) is 2.40. The molecule has 0 atom stereocenters. The molecule has 0 aliphatic rings. The van der Waals surface area contributed by atoms with E-state index >= 15 is 0 Å². The van der Waals surface area contributed by atoms with E-state index in [1.54, 1.807) is 44.6 Å². The van der Waals surface area contributed by atoms with Gasteiger partial charge in [-0.1, -0.05) is 18.2 Å². The molecule has 1 heterocycles. The predicted octanol–water partition coefficient (Wildman–Crippen LogP) is 6.01. The SMILES string of the molecule is COc1cc2nccc(Oc3ccc(N(C)C(=O)CCCOc4ccccc4)cc3F)c2cc1OC. The van der Waals surface area contributed by atoms with Gasteiger partial charge in [-0.15, -0.1) is 0 Å². The zero-order valence-corrected chi connectivity index (χ0v) is 20.4. The molecule has 0 bridgehead atoms. The second kappa shape index (κ2) is 11.4. The average Bonchev–Trinajstić information content (AvgIpc) is 2.91. The fourth-order valence-electron chi connectivity index (χ4n) is 3.68. The van der Waals surface area contributed by atoms with Crippen LogP contribution in [-0.4, -0.2) is 38.8 Å². The second-order valence-corrected chi connectivity index (χ2v) is 7.97. The molecule has 0 spiro atoms. The van der Waals surface area contributed by atoms with Crippen LogP contribution in [0.15, 0.2) is 72.9 Å². The van der Waals surface area contributed by atoms with Gasteiger partial charge in [0.15, 0.2) is 23.1 Å². The number of anilines is 1. The normalized spacial score (nSPS) is 10.7. The van der Waals surface area contributed by atoms with E-state index in [1.165, 1.54) is 24.1 Å². The first-order valence-corrected chi connectivity index (χ1v) is 11.4. The maximum atomic E-state index is 15.0. The van der Waals surface area contributed by atoms with E-state index in [4.69, 9.17) is 18.9 Å². The van der Waals surface area contributed by atoms with Crippen LogP contribution in [0.3, 0.4) is 0 Å². The van der Waals surface area contributed by atoms with Crippen LogP contribution in [0.1, 0.15) is 12.8 Å². The van der Waals surface area contributed by atoms with Gasteiger partial charge in [-0.3, -0.25) is 9.78 Å². The zero-order valence-electron chi connectivity index (χ0n) is 20.4. The minimum atomic E-state index is -0.593. The second-order valence-electron chi connectivity index (χ2n) is 7.97. The monoisotopic (exact) mass is 490 g/mol. The molecule has 7 nitrogen and oxygen atoms in total. The van der Waals surface area contributed by atoms with Gasteiger partial charge in [0, 0.05) is 42.9 Å². The molecule has 1 amide bonds. The van der Waals surface area contributed by atoms with Crippen molar-refractivity contribution in [2.75, 3.05) is 32.8 Å². The Morgan fingerprint density at radius 2 is 1.67 bits per heavy atom. The van der Waals surface area contributed by atoms with Crippen LogP contribution < -0.4 is 23.8 Å². The minimum absolute atomic E-state index is 0.0261. The molecule has 4 rings (SSSR count). The fraction of sp³-hybridized carbons (Fsp3) is 0.214. The number of halogens is 1. The summed E-state index contributed by atoms with van der Waals surface area (Å²) >= 11 is 0. The number of carbonyl (C=O) groups excluding carboxylic acids is 1. The Labute approximate surface area is 209 Å². The molecule has 1 aromatic heterocycles. The Morgan fingerprint density at radius 3 is 2.39 bits per heavy atom. The third kappa shape index (κ3) is 5.66. The maximum Gasteiger partial charge on any atom is 0.226 e. The largest absolute Gasteiger partial charge is 0.494 e. The highest BCUT2D eigenvalue weighted by atomic mass is 19.1. The van der Waals surface area contributed by atoms with Crippen molar-refractivity contribution in [3.8, 4) is 28.7 Å². The summed E-state index contributed by atoms with van der Waals surface area (Å²) < 4.78 is 37.2. The van der Waals surface area contributed by atoms with Gasteiger partial charge >= 0.3 is 0 Å². The Balaban J connectivity index is 1.42. The van der Waals surface area contributed by atoms with E-state index in [-0.39, 0.29) is 18.1 Å². The molecule has 8 heteroatoms.